The van der Waals surface area contributed by atoms with Crippen LogP contribution in [-0.4, -0.2) is 42.8 Å². The first-order chi connectivity index (χ1) is 13.7. The molecule has 0 aromatic heterocycles. The Hall–Kier alpha value is -2.35. The fraction of sp³-hybridized carbons (Fsp3) is 0.458. The Bertz CT molecular complexity index is 886. The lowest BCUT2D eigenvalue weighted by atomic mass is 9.85. The van der Waals surface area contributed by atoms with E-state index in [1.165, 1.54) is 24.0 Å². The fourth-order valence-electron chi connectivity index (χ4n) is 4.98. The second-order valence-corrected chi connectivity index (χ2v) is 8.35. The molecule has 4 heteroatoms. The Morgan fingerprint density at radius 3 is 2.39 bits per heavy atom. The van der Waals surface area contributed by atoms with Crippen LogP contribution in [0.15, 0.2) is 42.5 Å². The zero-order chi connectivity index (χ0) is 19.0. The topological polar surface area (TPSA) is 45.5 Å². The first kappa shape index (κ1) is 17.7. The summed E-state index contributed by atoms with van der Waals surface area (Å²) in [4.78, 5) is 2.66. The van der Waals surface area contributed by atoms with Crippen LogP contribution in [0.3, 0.4) is 0 Å². The van der Waals surface area contributed by atoms with Crippen molar-refractivity contribution >= 4 is 0 Å². The smallest absolute Gasteiger partial charge is 0.123 e. The molecule has 2 fully saturated rings. The van der Waals surface area contributed by atoms with Crippen molar-refractivity contribution in [3.63, 3.8) is 0 Å². The molecule has 5 rings (SSSR count). The number of nitriles is 1. The van der Waals surface area contributed by atoms with Crippen molar-refractivity contribution in [3.8, 4) is 22.9 Å². The van der Waals surface area contributed by atoms with Gasteiger partial charge in [-0.3, -0.25) is 4.90 Å². The van der Waals surface area contributed by atoms with Gasteiger partial charge in [-0.05, 0) is 53.8 Å². The number of benzene rings is 2. The van der Waals surface area contributed by atoms with Crippen LogP contribution in [0.1, 0.15) is 36.8 Å². The lowest BCUT2D eigenvalue weighted by Gasteiger charge is -2.43. The Kier molecular flexibility index (Phi) is 4.58. The van der Waals surface area contributed by atoms with Crippen LogP contribution in [0.2, 0.25) is 0 Å². The third-order valence-corrected chi connectivity index (χ3v) is 6.66. The summed E-state index contributed by atoms with van der Waals surface area (Å²) in [7, 11) is 0. The van der Waals surface area contributed by atoms with Crippen LogP contribution in [0.25, 0.3) is 11.1 Å². The molecule has 0 N–H and O–H groups in total. The van der Waals surface area contributed by atoms with Crippen LogP contribution in [0.4, 0.5) is 0 Å². The van der Waals surface area contributed by atoms with E-state index in [0.29, 0.717) is 11.6 Å². The van der Waals surface area contributed by atoms with E-state index in [1.54, 1.807) is 0 Å². The molecule has 0 bridgehead atoms. The Balaban J connectivity index is 1.28. The van der Waals surface area contributed by atoms with Gasteiger partial charge in [-0.1, -0.05) is 18.2 Å². The number of hydrogen-bond donors (Lipinski definition) is 0. The maximum absolute atomic E-state index is 8.99. The molecular formula is C24H26N2O2. The maximum atomic E-state index is 8.99. The Labute approximate surface area is 166 Å². The minimum Gasteiger partial charge on any atom is -0.487 e. The molecule has 144 valence electrons. The average Bonchev–Trinajstić information content (AvgIpc) is 3.11. The number of likely N-dealkylation sites (tertiary alicyclic amines) is 1. The van der Waals surface area contributed by atoms with Crippen molar-refractivity contribution in [2.75, 3.05) is 26.3 Å². The van der Waals surface area contributed by atoms with Gasteiger partial charge in [-0.15, -0.1) is 0 Å². The zero-order valence-corrected chi connectivity index (χ0v) is 16.2. The third kappa shape index (κ3) is 3.30. The summed E-state index contributed by atoms with van der Waals surface area (Å²) in [5, 5.41) is 8.99. The predicted molar refractivity (Wildman–Crippen MR) is 108 cm³/mol. The molecule has 0 atom stereocenters. The summed E-state index contributed by atoms with van der Waals surface area (Å²) < 4.78 is 12.0. The second-order valence-electron chi connectivity index (χ2n) is 8.35. The van der Waals surface area contributed by atoms with Gasteiger partial charge < -0.3 is 9.47 Å². The normalized spacial score (nSPS) is 21.8. The third-order valence-electron chi connectivity index (χ3n) is 6.66. The predicted octanol–water partition coefficient (Wildman–Crippen LogP) is 4.17. The van der Waals surface area contributed by atoms with E-state index in [9.17, 15) is 0 Å². The van der Waals surface area contributed by atoms with Crippen LogP contribution in [-0.2, 0) is 11.2 Å². The van der Waals surface area contributed by atoms with Gasteiger partial charge in [-0.2, -0.15) is 5.26 Å². The monoisotopic (exact) mass is 374 g/mol. The van der Waals surface area contributed by atoms with E-state index in [1.807, 2.05) is 24.3 Å². The number of nitrogens with zero attached hydrogens (tertiary/aromatic N) is 2. The highest BCUT2D eigenvalue weighted by atomic mass is 16.5. The van der Waals surface area contributed by atoms with Gasteiger partial charge in [-0.25, -0.2) is 0 Å². The van der Waals surface area contributed by atoms with E-state index in [0.717, 1.165) is 56.9 Å². The van der Waals surface area contributed by atoms with Crippen molar-refractivity contribution in [2.45, 2.75) is 43.7 Å². The lowest BCUT2D eigenvalue weighted by Crippen LogP contribution is -2.51. The molecule has 0 unspecified atom stereocenters. The quantitative estimate of drug-likeness (QED) is 0.791. The zero-order valence-electron chi connectivity index (χ0n) is 16.2. The molecule has 0 aliphatic carbocycles. The molecule has 3 heterocycles. The van der Waals surface area contributed by atoms with E-state index in [2.05, 4.69) is 29.2 Å². The van der Waals surface area contributed by atoms with Crippen molar-refractivity contribution in [3.05, 3.63) is 53.6 Å². The summed E-state index contributed by atoms with van der Waals surface area (Å²) in [6, 6.07) is 17.2. The summed E-state index contributed by atoms with van der Waals surface area (Å²) in [6.45, 7) is 4.07. The van der Waals surface area contributed by atoms with Crippen molar-refractivity contribution in [2.24, 2.45) is 0 Å². The average molecular weight is 374 g/mol. The van der Waals surface area contributed by atoms with Crippen molar-refractivity contribution in [1.29, 1.82) is 5.26 Å². The first-order valence-corrected chi connectivity index (χ1v) is 10.4. The van der Waals surface area contributed by atoms with Crippen LogP contribution in [0, 0.1) is 11.3 Å². The molecule has 2 aromatic carbocycles. The van der Waals surface area contributed by atoms with Crippen LogP contribution in [0.5, 0.6) is 5.75 Å². The molecular weight excluding hydrogens is 348 g/mol. The highest BCUT2D eigenvalue weighted by molar-refractivity contribution is 5.67. The molecule has 3 aliphatic rings. The highest BCUT2D eigenvalue weighted by Gasteiger charge is 2.43. The van der Waals surface area contributed by atoms with Gasteiger partial charge in [0.05, 0.1) is 11.6 Å². The van der Waals surface area contributed by atoms with Crippen LogP contribution >= 0.6 is 0 Å². The SMILES string of the molecule is N#Cc1ccc(-c2ccc3c(c2)CC2(CCN(C4CCOCC4)CC2)O3)cc1. The summed E-state index contributed by atoms with van der Waals surface area (Å²) >= 11 is 0. The minimum atomic E-state index is -0.0205. The maximum Gasteiger partial charge on any atom is 0.123 e. The second kappa shape index (κ2) is 7.24. The largest absolute Gasteiger partial charge is 0.487 e. The van der Waals surface area contributed by atoms with Gasteiger partial charge in [0.15, 0.2) is 0 Å². The van der Waals surface area contributed by atoms with E-state index < -0.39 is 0 Å². The molecule has 0 saturated carbocycles. The first-order valence-electron chi connectivity index (χ1n) is 10.4. The van der Waals surface area contributed by atoms with Crippen molar-refractivity contribution < 1.29 is 9.47 Å². The molecule has 1 spiro atoms. The van der Waals surface area contributed by atoms with Gasteiger partial charge in [0.2, 0.25) is 0 Å². The molecule has 0 amide bonds. The van der Waals surface area contributed by atoms with Gasteiger partial charge in [0, 0.05) is 51.6 Å². The number of ether oxygens (including phenoxy) is 2. The number of rotatable bonds is 2. The van der Waals surface area contributed by atoms with Gasteiger partial charge >= 0.3 is 0 Å². The summed E-state index contributed by atoms with van der Waals surface area (Å²) in [5.74, 6) is 1.05. The standard InChI is InChI=1S/C24H26N2O2/c25-17-18-1-3-19(4-2-18)20-5-6-23-21(15-20)16-24(28-23)9-11-26(12-10-24)22-7-13-27-14-8-22/h1-6,15,22H,7-14,16H2. The summed E-state index contributed by atoms with van der Waals surface area (Å²) in [6.07, 6.45) is 5.55. The highest BCUT2D eigenvalue weighted by Crippen LogP contribution is 2.43. The Morgan fingerprint density at radius 2 is 1.68 bits per heavy atom. The summed E-state index contributed by atoms with van der Waals surface area (Å²) in [5.41, 5.74) is 4.35. The number of fused-ring (bicyclic) bond motifs is 1. The van der Waals surface area contributed by atoms with Gasteiger partial charge in [0.25, 0.3) is 0 Å². The van der Waals surface area contributed by atoms with Crippen molar-refractivity contribution in [1.82, 2.24) is 4.90 Å². The minimum absolute atomic E-state index is 0.0205. The van der Waals surface area contributed by atoms with E-state index in [-0.39, 0.29) is 5.60 Å². The fourth-order valence-corrected chi connectivity index (χ4v) is 4.98. The van der Waals surface area contributed by atoms with E-state index >= 15 is 0 Å². The van der Waals surface area contributed by atoms with E-state index in [4.69, 9.17) is 14.7 Å². The molecule has 3 aliphatic heterocycles. The molecule has 2 aromatic rings. The molecule has 0 radical (unpaired) electrons. The Morgan fingerprint density at radius 1 is 0.964 bits per heavy atom. The van der Waals surface area contributed by atoms with Gasteiger partial charge in [0.1, 0.15) is 11.4 Å². The number of piperidine rings is 1. The number of hydrogen-bond acceptors (Lipinski definition) is 4. The molecule has 2 saturated heterocycles. The molecule has 28 heavy (non-hydrogen) atoms. The van der Waals surface area contributed by atoms with Crippen LogP contribution < -0.4 is 4.74 Å². The lowest BCUT2D eigenvalue weighted by molar-refractivity contribution is -0.0215. The molecule has 4 nitrogen and oxygen atoms in total.